The molecule has 5 N–H and O–H groups in total. The summed E-state index contributed by atoms with van der Waals surface area (Å²) in [5, 5.41) is 3.19. The van der Waals surface area contributed by atoms with Gasteiger partial charge in [-0.3, -0.25) is 4.79 Å². The molecule has 0 fully saturated rings. The first kappa shape index (κ1) is 13.9. The Morgan fingerprint density at radius 3 is 2.64 bits per heavy atom. The number of ether oxygens (including phenoxy) is 1. The van der Waals surface area contributed by atoms with Crippen LogP contribution in [0.2, 0.25) is 0 Å². The van der Waals surface area contributed by atoms with Crippen LogP contribution < -0.4 is 21.5 Å². The molecule has 2 aromatic rings. The van der Waals surface area contributed by atoms with Crippen molar-refractivity contribution < 1.29 is 9.53 Å². The number of benzene rings is 2. The van der Waals surface area contributed by atoms with Crippen LogP contribution in [0.25, 0.3) is 0 Å². The zero-order valence-corrected chi connectivity index (χ0v) is 12.0. The zero-order chi connectivity index (χ0) is 15.7. The molecule has 1 heterocycles. The summed E-state index contributed by atoms with van der Waals surface area (Å²) in [6.45, 7) is 1.91. The summed E-state index contributed by atoms with van der Waals surface area (Å²) in [7, 11) is 0. The van der Waals surface area contributed by atoms with E-state index in [1.165, 1.54) is 0 Å². The number of hydrogen-bond acceptors (Lipinski definition) is 5. The van der Waals surface area contributed by atoms with Crippen LogP contribution in [0.15, 0.2) is 47.5 Å². The van der Waals surface area contributed by atoms with Gasteiger partial charge in [0, 0.05) is 16.9 Å². The molecule has 22 heavy (non-hydrogen) atoms. The fourth-order valence-corrected chi connectivity index (χ4v) is 2.18. The van der Waals surface area contributed by atoms with Crippen molar-refractivity contribution in [3.05, 3.63) is 48.0 Å². The number of anilines is 2. The molecule has 6 nitrogen and oxygen atoms in total. The summed E-state index contributed by atoms with van der Waals surface area (Å²) in [6, 6.07) is 12.2. The first-order chi connectivity index (χ1) is 10.5. The summed E-state index contributed by atoms with van der Waals surface area (Å²) >= 11 is 0. The lowest BCUT2D eigenvalue weighted by molar-refractivity contribution is 0.100. The minimum atomic E-state index is -0.456. The number of fused-ring (bicyclic) bond motifs is 1. The number of hydrogen-bond donors (Lipinski definition) is 3. The molecule has 0 aromatic heterocycles. The molecule has 1 atom stereocenters. The molecule has 0 radical (unpaired) electrons. The number of nitrogen functional groups attached to an aromatic ring is 1. The van der Waals surface area contributed by atoms with Crippen molar-refractivity contribution in [2.45, 2.75) is 13.0 Å². The predicted octanol–water partition coefficient (Wildman–Crippen LogP) is 2.29. The highest BCUT2D eigenvalue weighted by molar-refractivity contribution is 6.02. The Hall–Kier alpha value is -3.02. The molecule has 0 aliphatic carbocycles. The number of rotatable bonds is 2. The van der Waals surface area contributed by atoms with Gasteiger partial charge >= 0.3 is 0 Å². The molecule has 2 aromatic carbocycles. The Labute approximate surface area is 127 Å². The van der Waals surface area contributed by atoms with Gasteiger partial charge in [0.05, 0.1) is 0 Å². The van der Waals surface area contributed by atoms with Crippen LogP contribution in [0.5, 0.6) is 5.75 Å². The number of amidine groups is 1. The lowest BCUT2D eigenvalue weighted by atomic mass is 10.2. The number of nitrogens with two attached hydrogens (primary N) is 2. The molecule has 0 saturated heterocycles. The van der Waals surface area contributed by atoms with Crippen LogP contribution in [0, 0.1) is 0 Å². The van der Waals surface area contributed by atoms with Gasteiger partial charge in [-0.25, -0.2) is 4.99 Å². The first-order valence-electron chi connectivity index (χ1n) is 6.84. The molecule has 112 valence electrons. The van der Waals surface area contributed by atoms with E-state index in [1.54, 1.807) is 36.4 Å². The van der Waals surface area contributed by atoms with Crippen molar-refractivity contribution in [3.8, 4) is 5.75 Å². The number of nitrogens with one attached hydrogen (secondary N) is 1. The quantitative estimate of drug-likeness (QED) is 0.740. The van der Waals surface area contributed by atoms with Gasteiger partial charge in [0.2, 0.25) is 5.91 Å². The third kappa shape index (κ3) is 2.71. The lowest BCUT2D eigenvalue weighted by Gasteiger charge is -2.24. The maximum Gasteiger partial charge on any atom is 0.248 e. The van der Waals surface area contributed by atoms with Gasteiger partial charge in [0.1, 0.15) is 17.3 Å². The maximum atomic E-state index is 11.1. The van der Waals surface area contributed by atoms with Gasteiger partial charge in [-0.05, 0) is 49.4 Å². The molecule has 1 unspecified atom stereocenters. The highest BCUT2D eigenvalue weighted by Crippen LogP contribution is 2.34. The molecule has 1 amide bonds. The molecular formula is C16H16N4O2. The molecule has 1 aliphatic heterocycles. The van der Waals surface area contributed by atoms with Crippen molar-refractivity contribution in [2.24, 2.45) is 10.7 Å². The normalized spacial score (nSPS) is 16.2. The highest BCUT2D eigenvalue weighted by atomic mass is 16.5. The second-order valence-corrected chi connectivity index (χ2v) is 5.05. The van der Waals surface area contributed by atoms with E-state index < -0.39 is 5.91 Å². The van der Waals surface area contributed by atoms with Crippen LogP contribution in [0.4, 0.5) is 17.1 Å². The molecule has 0 spiro atoms. The summed E-state index contributed by atoms with van der Waals surface area (Å²) in [4.78, 5) is 15.6. The summed E-state index contributed by atoms with van der Waals surface area (Å²) in [5.74, 6) is 0.920. The largest absolute Gasteiger partial charge is 0.481 e. The van der Waals surface area contributed by atoms with Gasteiger partial charge in [-0.1, -0.05) is 0 Å². The predicted molar refractivity (Wildman–Crippen MR) is 86.6 cm³/mol. The van der Waals surface area contributed by atoms with Gasteiger partial charge in [0.25, 0.3) is 0 Å². The second-order valence-electron chi connectivity index (χ2n) is 5.05. The van der Waals surface area contributed by atoms with E-state index in [9.17, 15) is 4.79 Å². The Bertz CT molecular complexity index is 753. The van der Waals surface area contributed by atoms with Gasteiger partial charge < -0.3 is 21.5 Å². The Balaban J connectivity index is 1.86. The van der Waals surface area contributed by atoms with Crippen LogP contribution in [-0.4, -0.2) is 17.8 Å². The molecular weight excluding hydrogens is 280 g/mol. The summed E-state index contributed by atoms with van der Waals surface area (Å²) < 4.78 is 5.81. The van der Waals surface area contributed by atoms with Crippen molar-refractivity contribution in [2.75, 3.05) is 11.1 Å². The second kappa shape index (κ2) is 5.40. The van der Waals surface area contributed by atoms with E-state index in [2.05, 4.69) is 10.3 Å². The summed E-state index contributed by atoms with van der Waals surface area (Å²) in [5.41, 5.74) is 13.6. The standard InChI is InChI=1S/C16H16N4O2/c1-9-16(19-12-5-2-10(3-6-12)15(18)21)20-13-8-11(17)4-7-14(13)22-9/h2-9H,17H2,1H3,(H2,18,21)(H,19,20). The third-order valence-corrected chi connectivity index (χ3v) is 3.35. The van der Waals surface area contributed by atoms with Gasteiger partial charge in [-0.15, -0.1) is 0 Å². The number of amides is 1. The van der Waals surface area contributed by atoms with E-state index in [0.29, 0.717) is 28.5 Å². The fourth-order valence-electron chi connectivity index (χ4n) is 2.18. The van der Waals surface area contributed by atoms with Crippen LogP contribution in [0.3, 0.4) is 0 Å². The minimum Gasteiger partial charge on any atom is -0.481 e. The van der Waals surface area contributed by atoms with Crippen molar-refractivity contribution in [1.29, 1.82) is 0 Å². The number of carbonyl (C=O) groups is 1. The molecule has 3 rings (SSSR count). The number of nitrogens with zero attached hydrogens (tertiary/aromatic N) is 1. The third-order valence-electron chi connectivity index (χ3n) is 3.35. The van der Waals surface area contributed by atoms with Crippen molar-refractivity contribution >= 4 is 28.8 Å². The smallest absolute Gasteiger partial charge is 0.248 e. The van der Waals surface area contributed by atoms with Gasteiger partial charge in [0.15, 0.2) is 6.10 Å². The SMILES string of the molecule is CC1Oc2ccc(N)cc2N=C1Nc1ccc(C(N)=O)cc1. The Morgan fingerprint density at radius 1 is 1.23 bits per heavy atom. The Morgan fingerprint density at radius 2 is 1.95 bits per heavy atom. The van der Waals surface area contributed by atoms with Crippen molar-refractivity contribution in [1.82, 2.24) is 0 Å². The minimum absolute atomic E-state index is 0.216. The monoisotopic (exact) mass is 296 g/mol. The average molecular weight is 296 g/mol. The average Bonchev–Trinajstić information content (AvgIpc) is 2.49. The molecule has 1 aliphatic rings. The maximum absolute atomic E-state index is 11.1. The summed E-state index contributed by atoms with van der Waals surface area (Å²) in [6.07, 6.45) is -0.216. The van der Waals surface area contributed by atoms with E-state index in [0.717, 1.165) is 5.69 Å². The fraction of sp³-hybridized carbons (Fsp3) is 0.125. The lowest BCUT2D eigenvalue weighted by Crippen LogP contribution is -2.32. The molecule has 6 heteroatoms. The molecule has 0 bridgehead atoms. The van der Waals surface area contributed by atoms with E-state index >= 15 is 0 Å². The zero-order valence-electron chi connectivity index (χ0n) is 12.0. The van der Waals surface area contributed by atoms with E-state index in [-0.39, 0.29) is 6.10 Å². The highest BCUT2D eigenvalue weighted by Gasteiger charge is 2.20. The number of carbonyl (C=O) groups excluding carboxylic acids is 1. The van der Waals surface area contributed by atoms with E-state index in [1.807, 2.05) is 13.0 Å². The van der Waals surface area contributed by atoms with Crippen LogP contribution in [0.1, 0.15) is 17.3 Å². The van der Waals surface area contributed by atoms with Crippen LogP contribution in [-0.2, 0) is 0 Å². The van der Waals surface area contributed by atoms with E-state index in [4.69, 9.17) is 16.2 Å². The van der Waals surface area contributed by atoms with Crippen molar-refractivity contribution in [3.63, 3.8) is 0 Å². The Kier molecular flexibility index (Phi) is 3.42. The number of primary amides is 1. The van der Waals surface area contributed by atoms with Gasteiger partial charge in [-0.2, -0.15) is 0 Å². The molecule has 0 saturated carbocycles. The van der Waals surface area contributed by atoms with Crippen LogP contribution >= 0.6 is 0 Å². The first-order valence-corrected chi connectivity index (χ1v) is 6.84. The topological polar surface area (TPSA) is 103 Å². The number of aliphatic imine (C=N–C) groups is 1.